The van der Waals surface area contributed by atoms with Gasteiger partial charge in [-0.1, -0.05) is 0 Å². The monoisotopic (exact) mass is 248 g/mol. The predicted molar refractivity (Wildman–Crippen MR) is 52.7 cm³/mol. The van der Waals surface area contributed by atoms with Gasteiger partial charge in [-0.25, -0.2) is 4.79 Å². The van der Waals surface area contributed by atoms with Gasteiger partial charge in [0, 0.05) is 5.38 Å². The zero-order chi connectivity index (χ0) is 9.14. The SMILES string of the molecule is CCOC(=O)c1csc(Br)c1C. The van der Waals surface area contributed by atoms with Crippen LogP contribution in [-0.2, 0) is 4.74 Å². The van der Waals surface area contributed by atoms with E-state index in [0.717, 1.165) is 9.35 Å². The minimum absolute atomic E-state index is 0.239. The lowest BCUT2D eigenvalue weighted by Gasteiger charge is -1.99. The molecule has 1 aromatic rings. The van der Waals surface area contributed by atoms with Gasteiger partial charge in [-0.3, -0.25) is 0 Å². The van der Waals surface area contributed by atoms with Crippen molar-refractivity contribution >= 4 is 33.2 Å². The zero-order valence-corrected chi connectivity index (χ0v) is 9.29. The molecule has 0 bridgehead atoms. The smallest absolute Gasteiger partial charge is 0.339 e. The van der Waals surface area contributed by atoms with Crippen LogP contribution in [0.5, 0.6) is 0 Å². The first-order chi connectivity index (χ1) is 5.66. The zero-order valence-electron chi connectivity index (χ0n) is 6.89. The third-order valence-corrected chi connectivity index (χ3v) is 3.50. The van der Waals surface area contributed by atoms with E-state index in [1.54, 1.807) is 12.3 Å². The van der Waals surface area contributed by atoms with Gasteiger partial charge >= 0.3 is 5.97 Å². The van der Waals surface area contributed by atoms with Crippen molar-refractivity contribution < 1.29 is 9.53 Å². The average molecular weight is 249 g/mol. The lowest BCUT2D eigenvalue weighted by atomic mass is 10.2. The van der Waals surface area contributed by atoms with Crippen molar-refractivity contribution in [1.82, 2.24) is 0 Å². The molecule has 12 heavy (non-hydrogen) atoms. The number of hydrogen-bond donors (Lipinski definition) is 0. The Bertz CT molecular complexity index is 293. The molecule has 66 valence electrons. The molecule has 1 aromatic heterocycles. The van der Waals surface area contributed by atoms with Gasteiger partial charge in [-0.2, -0.15) is 0 Å². The topological polar surface area (TPSA) is 26.3 Å². The molecule has 0 N–H and O–H groups in total. The van der Waals surface area contributed by atoms with Crippen LogP contribution in [0.2, 0.25) is 0 Å². The molecule has 1 rings (SSSR count). The summed E-state index contributed by atoms with van der Waals surface area (Å²) in [6.07, 6.45) is 0. The molecule has 4 heteroatoms. The van der Waals surface area contributed by atoms with Crippen molar-refractivity contribution in [3.05, 3.63) is 20.3 Å². The van der Waals surface area contributed by atoms with Crippen LogP contribution in [0.15, 0.2) is 9.17 Å². The summed E-state index contributed by atoms with van der Waals surface area (Å²) in [4.78, 5) is 11.2. The lowest BCUT2D eigenvalue weighted by molar-refractivity contribution is 0.0526. The molecular weight excluding hydrogens is 240 g/mol. The summed E-state index contributed by atoms with van der Waals surface area (Å²) >= 11 is 4.85. The maximum Gasteiger partial charge on any atom is 0.339 e. The molecule has 0 aliphatic rings. The van der Waals surface area contributed by atoms with Gasteiger partial charge in [0.25, 0.3) is 0 Å². The summed E-state index contributed by atoms with van der Waals surface area (Å²) in [5.41, 5.74) is 1.62. The first-order valence-corrected chi connectivity index (χ1v) is 5.24. The van der Waals surface area contributed by atoms with Gasteiger partial charge in [0.05, 0.1) is 16.0 Å². The number of halogens is 1. The second kappa shape index (κ2) is 4.05. The van der Waals surface area contributed by atoms with Crippen LogP contribution in [0.25, 0.3) is 0 Å². The molecular formula is C8H9BrO2S. The highest BCUT2D eigenvalue weighted by molar-refractivity contribution is 9.11. The van der Waals surface area contributed by atoms with Crippen LogP contribution in [0.1, 0.15) is 22.8 Å². The molecule has 0 aliphatic heterocycles. The van der Waals surface area contributed by atoms with E-state index < -0.39 is 0 Å². The lowest BCUT2D eigenvalue weighted by Crippen LogP contribution is -2.04. The second-order valence-electron chi connectivity index (χ2n) is 2.27. The van der Waals surface area contributed by atoms with Gasteiger partial charge in [0.1, 0.15) is 0 Å². The van der Waals surface area contributed by atoms with Gasteiger partial charge in [0.15, 0.2) is 0 Å². The minimum Gasteiger partial charge on any atom is -0.462 e. The Balaban J connectivity index is 2.88. The Labute approximate surface area is 83.7 Å². The van der Waals surface area contributed by atoms with E-state index in [4.69, 9.17) is 4.74 Å². The Morgan fingerprint density at radius 2 is 2.42 bits per heavy atom. The van der Waals surface area contributed by atoms with Crippen LogP contribution < -0.4 is 0 Å². The van der Waals surface area contributed by atoms with Gasteiger partial charge in [0.2, 0.25) is 0 Å². The maximum atomic E-state index is 11.2. The van der Waals surface area contributed by atoms with E-state index in [-0.39, 0.29) is 5.97 Å². The minimum atomic E-state index is -0.239. The molecule has 0 radical (unpaired) electrons. The third-order valence-electron chi connectivity index (χ3n) is 1.47. The number of ether oxygens (including phenoxy) is 1. The highest BCUT2D eigenvalue weighted by Crippen LogP contribution is 2.27. The average Bonchev–Trinajstić information content (AvgIpc) is 2.34. The number of hydrogen-bond acceptors (Lipinski definition) is 3. The molecule has 0 spiro atoms. The normalized spacial score (nSPS) is 9.92. The molecule has 0 fully saturated rings. The Morgan fingerprint density at radius 1 is 1.75 bits per heavy atom. The summed E-state index contributed by atoms with van der Waals surface area (Å²) in [5.74, 6) is -0.239. The number of rotatable bonds is 2. The Morgan fingerprint density at radius 3 is 2.83 bits per heavy atom. The highest BCUT2D eigenvalue weighted by atomic mass is 79.9. The van der Waals surface area contributed by atoms with Crippen molar-refractivity contribution in [2.24, 2.45) is 0 Å². The maximum absolute atomic E-state index is 11.2. The summed E-state index contributed by atoms with van der Waals surface area (Å²) in [7, 11) is 0. The van der Waals surface area contributed by atoms with Crippen LogP contribution in [0.4, 0.5) is 0 Å². The fraction of sp³-hybridized carbons (Fsp3) is 0.375. The molecule has 0 aromatic carbocycles. The highest BCUT2D eigenvalue weighted by Gasteiger charge is 2.13. The summed E-state index contributed by atoms with van der Waals surface area (Å²) in [6.45, 7) is 4.12. The molecule has 0 saturated carbocycles. The molecule has 0 aliphatic carbocycles. The quantitative estimate of drug-likeness (QED) is 0.753. The standard InChI is InChI=1S/C8H9BrO2S/c1-3-11-8(10)6-4-12-7(9)5(6)2/h4H,3H2,1-2H3. The number of thiophene rings is 1. The largest absolute Gasteiger partial charge is 0.462 e. The molecule has 0 saturated heterocycles. The number of carbonyl (C=O) groups is 1. The van der Waals surface area contributed by atoms with Crippen molar-refractivity contribution in [2.45, 2.75) is 13.8 Å². The van der Waals surface area contributed by atoms with Crippen molar-refractivity contribution in [2.75, 3.05) is 6.61 Å². The van der Waals surface area contributed by atoms with Gasteiger partial charge in [-0.15, -0.1) is 11.3 Å². The summed E-state index contributed by atoms with van der Waals surface area (Å²) < 4.78 is 5.86. The predicted octanol–water partition coefficient (Wildman–Crippen LogP) is 3.00. The fourth-order valence-corrected chi connectivity index (χ4v) is 2.08. The van der Waals surface area contributed by atoms with Crippen LogP contribution >= 0.6 is 27.3 Å². The first-order valence-electron chi connectivity index (χ1n) is 3.57. The number of esters is 1. The van der Waals surface area contributed by atoms with Gasteiger partial charge in [-0.05, 0) is 35.3 Å². The van der Waals surface area contributed by atoms with Crippen LogP contribution in [0, 0.1) is 6.92 Å². The Kier molecular flexibility index (Phi) is 3.29. The van der Waals surface area contributed by atoms with Crippen LogP contribution in [-0.4, -0.2) is 12.6 Å². The van der Waals surface area contributed by atoms with E-state index in [1.165, 1.54) is 11.3 Å². The molecule has 0 unspecified atom stereocenters. The van der Waals surface area contributed by atoms with E-state index in [9.17, 15) is 4.79 Å². The van der Waals surface area contributed by atoms with Crippen molar-refractivity contribution in [3.8, 4) is 0 Å². The van der Waals surface area contributed by atoms with E-state index >= 15 is 0 Å². The third kappa shape index (κ3) is 1.87. The van der Waals surface area contributed by atoms with E-state index in [0.29, 0.717) is 12.2 Å². The Hall–Kier alpha value is -0.350. The summed E-state index contributed by atoms with van der Waals surface area (Å²) in [5, 5.41) is 1.80. The summed E-state index contributed by atoms with van der Waals surface area (Å²) in [6, 6.07) is 0. The number of carbonyl (C=O) groups excluding carboxylic acids is 1. The van der Waals surface area contributed by atoms with Crippen molar-refractivity contribution in [3.63, 3.8) is 0 Å². The first kappa shape index (κ1) is 9.74. The van der Waals surface area contributed by atoms with Gasteiger partial charge < -0.3 is 4.74 Å². The fourth-order valence-electron chi connectivity index (χ4n) is 0.803. The van der Waals surface area contributed by atoms with Crippen molar-refractivity contribution in [1.29, 1.82) is 0 Å². The molecule has 2 nitrogen and oxygen atoms in total. The van der Waals surface area contributed by atoms with E-state index in [2.05, 4.69) is 15.9 Å². The van der Waals surface area contributed by atoms with Crippen LogP contribution in [0.3, 0.4) is 0 Å². The second-order valence-corrected chi connectivity index (χ2v) is 4.47. The molecule has 1 heterocycles. The molecule has 0 amide bonds. The van der Waals surface area contributed by atoms with E-state index in [1.807, 2.05) is 6.92 Å². The molecule has 0 atom stereocenters.